The summed E-state index contributed by atoms with van der Waals surface area (Å²) in [5.41, 5.74) is 2.67. The average Bonchev–Trinajstić information content (AvgIpc) is 3.37. The number of nitrogens with one attached hydrogen (secondary N) is 2. The molecule has 2 aliphatic rings. The van der Waals surface area contributed by atoms with Crippen molar-refractivity contribution in [3.8, 4) is 10.4 Å². The van der Waals surface area contributed by atoms with Gasteiger partial charge >= 0.3 is 6.03 Å². The normalized spacial score (nSPS) is 19.3. The maximum absolute atomic E-state index is 12.2. The number of benzene rings is 1. The molecule has 1 aromatic heterocycles. The smallest absolute Gasteiger partial charge is 0.315 e. The van der Waals surface area contributed by atoms with Gasteiger partial charge in [-0.25, -0.2) is 4.79 Å². The monoisotopic (exact) mass is 383 g/mol. The molecule has 5 heteroatoms. The van der Waals surface area contributed by atoms with Crippen LogP contribution in [0.5, 0.6) is 0 Å². The second kappa shape index (κ2) is 8.89. The third-order valence-electron chi connectivity index (χ3n) is 5.75. The Balaban J connectivity index is 1.23. The zero-order valence-electron chi connectivity index (χ0n) is 15.8. The molecule has 144 valence electrons. The highest BCUT2D eigenvalue weighted by atomic mass is 32.1. The van der Waals surface area contributed by atoms with E-state index in [-0.39, 0.29) is 6.03 Å². The van der Waals surface area contributed by atoms with Crippen LogP contribution in [0.3, 0.4) is 0 Å². The van der Waals surface area contributed by atoms with Crippen LogP contribution >= 0.6 is 11.3 Å². The standard InChI is InChI=1S/C22H29N3OS/c26-22(23-19-7-1-2-8-19)24-20-10-12-25(13-11-20)16-17-5-3-6-18(15-17)21-9-4-14-27-21/h3-6,9,14-15,19-20H,1-2,7-8,10-13,16H2,(H2,23,24,26). The molecule has 1 aromatic carbocycles. The van der Waals surface area contributed by atoms with Crippen molar-refractivity contribution in [1.82, 2.24) is 15.5 Å². The molecule has 0 unspecified atom stereocenters. The molecule has 2 heterocycles. The van der Waals surface area contributed by atoms with Crippen LogP contribution < -0.4 is 10.6 Å². The molecular formula is C22H29N3OS. The van der Waals surface area contributed by atoms with E-state index in [0.717, 1.165) is 45.3 Å². The average molecular weight is 384 g/mol. The van der Waals surface area contributed by atoms with Crippen LogP contribution in [0.1, 0.15) is 44.1 Å². The van der Waals surface area contributed by atoms with Gasteiger partial charge < -0.3 is 10.6 Å². The number of piperidine rings is 1. The lowest BCUT2D eigenvalue weighted by atomic mass is 10.0. The summed E-state index contributed by atoms with van der Waals surface area (Å²) in [6.45, 7) is 3.06. The van der Waals surface area contributed by atoms with Gasteiger partial charge in [0, 0.05) is 36.6 Å². The minimum Gasteiger partial charge on any atom is -0.335 e. The number of carbonyl (C=O) groups is 1. The molecule has 0 atom stereocenters. The first-order valence-electron chi connectivity index (χ1n) is 10.2. The van der Waals surface area contributed by atoms with Gasteiger partial charge in [-0.2, -0.15) is 0 Å². The summed E-state index contributed by atoms with van der Waals surface area (Å²) in [7, 11) is 0. The van der Waals surface area contributed by atoms with E-state index < -0.39 is 0 Å². The summed E-state index contributed by atoms with van der Waals surface area (Å²) in [6, 6.07) is 13.9. The van der Waals surface area contributed by atoms with Crippen LogP contribution in [0.2, 0.25) is 0 Å². The van der Waals surface area contributed by atoms with Crippen molar-refractivity contribution in [2.24, 2.45) is 0 Å². The zero-order chi connectivity index (χ0) is 18.5. The molecular weight excluding hydrogens is 354 g/mol. The highest BCUT2D eigenvalue weighted by Crippen LogP contribution is 2.26. The van der Waals surface area contributed by atoms with Gasteiger partial charge in [-0.1, -0.05) is 37.1 Å². The van der Waals surface area contributed by atoms with Crippen LogP contribution in [0.4, 0.5) is 4.79 Å². The van der Waals surface area contributed by atoms with Crippen molar-refractivity contribution < 1.29 is 4.79 Å². The van der Waals surface area contributed by atoms with Crippen molar-refractivity contribution >= 4 is 17.4 Å². The lowest BCUT2D eigenvalue weighted by Crippen LogP contribution is -2.49. The molecule has 1 aliphatic heterocycles. The van der Waals surface area contributed by atoms with Gasteiger partial charge in [0.15, 0.2) is 0 Å². The summed E-state index contributed by atoms with van der Waals surface area (Å²) >= 11 is 1.79. The molecule has 2 fully saturated rings. The Morgan fingerprint density at radius 3 is 2.44 bits per heavy atom. The molecule has 0 radical (unpaired) electrons. The molecule has 2 aromatic rings. The zero-order valence-corrected chi connectivity index (χ0v) is 16.6. The van der Waals surface area contributed by atoms with Gasteiger partial charge in [0.05, 0.1) is 0 Å². The molecule has 1 saturated heterocycles. The Hall–Kier alpha value is -1.85. The summed E-state index contributed by atoms with van der Waals surface area (Å²) < 4.78 is 0. The second-order valence-corrected chi connectivity index (χ2v) is 8.77. The number of rotatable bonds is 5. The van der Waals surface area contributed by atoms with Crippen molar-refractivity contribution in [2.45, 2.75) is 57.2 Å². The number of nitrogens with zero attached hydrogens (tertiary/aromatic N) is 1. The van der Waals surface area contributed by atoms with E-state index in [1.807, 2.05) is 0 Å². The summed E-state index contributed by atoms with van der Waals surface area (Å²) in [4.78, 5) is 16.0. The van der Waals surface area contributed by atoms with Crippen molar-refractivity contribution in [3.05, 3.63) is 47.3 Å². The van der Waals surface area contributed by atoms with E-state index in [4.69, 9.17) is 0 Å². The number of urea groups is 1. The fraction of sp³-hybridized carbons (Fsp3) is 0.500. The van der Waals surface area contributed by atoms with E-state index in [2.05, 4.69) is 57.3 Å². The van der Waals surface area contributed by atoms with Crippen molar-refractivity contribution in [3.63, 3.8) is 0 Å². The van der Waals surface area contributed by atoms with Gasteiger partial charge in [-0.3, -0.25) is 4.90 Å². The minimum absolute atomic E-state index is 0.0315. The quantitative estimate of drug-likeness (QED) is 0.791. The maximum Gasteiger partial charge on any atom is 0.315 e. The predicted molar refractivity (Wildman–Crippen MR) is 112 cm³/mol. The maximum atomic E-state index is 12.2. The van der Waals surface area contributed by atoms with Crippen LogP contribution in [-0.4, -0.2) is 36.1 Å². The third kappa shape index (κ3) is 5.11. The fourth-order valence-electron chi connectivity index (χ4n) is 4.24. The topological polar surface area (TPSA) is 44.4 Å². The van der Waals surface area contributed by atoms with Gasteiger partial charge in [0.25, 0.3) is 0 Å². The molecule has 0 spiro atoms. The van der Waals surface area contributed by atoms with E-state index in [0.29, 0.717) is 12.1 Å². The Morgan fingerprint density at radius 1 is 1.00 bits per heavy atom. The molecule has 2 N–H and O–H groups in total. The number of likely N-dealkylation sites (tertiary alicyclic amines) is 1. The van der Waals surface area contributed by atoms with Gasteiger partial charge in [-0.05, 0) is 54.3 Å². The molecule has 27 heavy (non-hydrogen) atoms. The van der Waals surface area contributed by atoms with E-state index in [1.165, 1.54) is 28.8 Å². The first-order valence-corrected chi connectivity index (χ1v) is 11.1. The summed E-state index contributed by atoms with van der Waals surface area (Å²) in [5, 5.41) is 8.44. The summed E-state index contributed by atoms with van der Waals surface area (Å²) in [6.07, 6.45) is 6.83. The predicted octanol–water partition coefficient (Wildman–Crippen LogP) is 4.62. The number of thiophene rings is 1. The Labute approximate surface area is 166 Å². The van der Waals surface area contributed by atoms with Crippen LogP contribution in [-0.2, 0) is 6.54 Å². The van der Waals surface area contributed by atoms with E-state index in [9.17, 15) is 4.79 Å². The number of hydrogen-bond donors (Lipinski definition) is 2. The fourth-order valence-corrected chi connectivity index (χ4v) is 4.97. The van der Waals surface area contributed by atoms with Crippen LogP contribution in [0, 0.1) is 0 Å². The Kier molecular flexibility index (Phi) is 6.10. The molecule has 1 saturated carbocycles. The lowest BCUT2D eigenvalue weighted by Gasteiger charge is -2.32. The van der Waals surface area contributed by atoms with Crippen LogP contribution in [0.25, 0.3) is 10.4 Å². The Morgan fingerprint density at radius 2 is 1.74 bits per heavy atom. The number of amides is 2. The second-order valence-electron chi connectivity index (χ2n) is 7.83. The minimum atomic E-state index is 0.0315. The van der Waals surface area contributed by atoms with E-state index >= 15 is 0 Å². The van der Waals surface area contributed by atoms with Gasteiger partial charge in [0.1, 0.15) is 0 Å². The Bertz CT molecular complexity index is 732. The number of carbonyl (C=O) groups excluding carboxylic acids is 1. The van der Waals surface area contributed by atoms with E-state index in [1.54, 1.807) is 11.3 Å². The molecule has 4 nitrogen and oxygen atoms in total. The first-order chi connectivity index (χ1) is 13.3. The SMILES string of the molecule is O=C(NC1CCCC1)NC1CCN(Cc2cccc(-c3cccs3)c2)CC1. The highest BCUT2D eigenvalue weighted by Gasteiger charge is 2.22. The third-order valence-corrected chi connectivity index (χ3v) is 6.67. The number of hydrogen-bond acceptors (Lipinski definition) is 3. The van der Waals surface area contributed by atoms with Crippen molar-refractivity contribution in [1.29, 1.82) is 0 Å². The molecule has 4 rings (SSSR count). The van der Waals surface area contributed by atoms with Crippen molar-refractivity contribution in [2.75, 3.05) is 13.1 Å². The molecule has 2 amide bonds. The first kappa shape index (κ1) is 18.5. The molecule has 1 aliphatic carbocycles. The largest absolute Gasteiger partial charge is 0.335 e. The van der Waals surface area contributed by atoms with Gasteiger partial charge in [0.2, 0.25) is 0 Å². The lowest BCUT2D eigenvalue weighted by molar-refractivity contribution is 0.185. The molecule has 0 bridgehead atoms. The summed E-state index contributed by atoms with van der Waals surface area (Å²) in [5.74, 6) is 0. The highest BCUT2D eigenvalue weighted by molar-refractivity contribution is 7.13. The van der Waals surface area contributed by atoms with Gasteiger partial charge in [-0.15, -0.1) is 11.3 Å². The van der Waals surface area contributed by atoms with Crippen LogP contribution in [0.15, 0.2) is 41.8 Å².